The second kappa shape index (κ2) is 4.34. The highest BCUT2D eigenvalue weighted by molar-refractivity contribution is 5.49. The van der Waals surface area contributed by atoms with Crippen molar-refractivity contribution in [2.24, 2.45) is 0 Å². The van der Waals surface area contributed by atoms with E-state index < -0.39 is 0 Å². The van der Waals surface area contributed by atoms with Gasteiger partial charge < -0.3 is 10.1 Å². The number of hydrogen-bond donors (Lipinski definition) is 1. The minimum absolute atomic E-state index is 0.354. The van der Waals surface area contributed by atoms with Crippen molar-refractivity contribution in [2.45, 2.75) is 45.1 Å². The van der Waals surface area contributed by atoms with Crippen molar-refractivity contribution in [1.82, 2.24) is 5.32 Å². The molecule has 2 nitrogen and oxygen atoms in total. The number of fused-ring (bicyclic) bond motifs is 1. The summed E-state index contributed by atoms with van der Waals surface area (Å²) in [5.74, 6) is 1.87. The van der Waals surface area contributed by atoms with Gasteiger partial charge in [-0.2, -0.15) is 0 Å². The summed E-state index contributed by atoms with van der Waals surface area (Å²) >= 11 is 0. The van der Waals surface area contributed by atoms with Gasteiger partial charge in [0.05, 0.1) is 0 Å². The van der Waals surface area contributed by atoms with Crippen LogP contribution in [0.4, 0.5) is 0 Å². The number of benzene rings is 1. The topological polar surface area (TPSA) is 21.3 Å². The van der Waals surface area contributed by atoms with Crippen LogP contribution in [-0.2, 0) is 6.42 Å². The van der Waals surface area contributed by atoms with E-state index in [1.807, 2.05) is 0 Å². The van der Waals surface area contributed by atoms with Crippen molar-refractivity contribution in [2.75, 3.05) is 13.1 Å². The molecule has 1 aromatic carbocycles. The fraction of sp³-hybridized carbons (Fsp3) is 0.600. The second-order valence-corrected chi connectivity index (χ2v) is 5.43. The van der Waals surface area contributed by atoms with E-state index in [-0.39, 0.29) is 0 Å². The van der Waals surface area contributed by atoms with Gasteiger partial charge in [-0.25, -0.2) is 0 Å². The Morgan fingerprint density at radius 1 is 1.24 bits per heavy atom. The summed E-state index contributed by atoms with van der Waals surface area (Å²) in [7, 11) is 0. The standard InChI is InChI=1S/C15H21NO/c1-10-3-4-14-13(9-11(2)17-14)15(10)12-5-7-16-8-6-12/h3-4,11-12,16H,5-9H2,1-2H3. The Morgan fingerprint density at radius 3 is 2.76 bits per heavy atom. The molecule has 0 aromatic heterocycles. The van der Waals surface area contributed by atoms with Crippen LogP contribution in [0.5, 0.6) is 5.75 Å². The summed E-state index contributed by atoms with van der Waals surface area (Å²) in [4.78, 5) is 0. The first-order chi connectivity index (χ1) is 8.25. The Morgan fingerprint density at radius 2 is 2.00 bits per heavy atom. The predicted octanol–water partition coefficient (Wildman–Crippen LogP) is 2.79. The van der Waals surface area contributed by atoms with E-state index in [9.17, 15) is 0 Å². The molecule has 1 N–H and O–H groups in total. The van der Waals surface area contributed by atoms with Crippen molar-refractivity contribution in [3.05, 3.63) is 28.8 Å². The first-order valence-electron chi connectivity index (χ1n) is 6.75. The third-order valence-corrected chi connectivity index (χ3v) is 4.10. The zero-order chi connectivity index (χ0) is 11.8. The van der Waals surface area contributed by atoms with Gasteiger partial charge in [0.1, 0.15) is 11.9 Å². The van der Waals surface area contributed by atoms with E-state index in [1.165, 1.54) is 24.0 Å². The smallest absolute Gasteiger partial charge is 0.123 e. The van der Waals surface area contributed by atoms with Crippen LogP contribution in [0.25, 0.3) is 0 Å². The molecule has 0 radical (unpaired) electrons. The molecule has 0 saturated carbocycles. The number of rotatable bonds is 1. The highest BCUT2D eigenvalue weighted by atomic mass is 16.5. The van der Waals surface area contributed by atoms with Gasteiger partial charge in [0.2, 0.25) is 0 Å². The summed E-state index contributed by atoms with van der Waals surface area (Å²) in [5.41, 5.74) is 4.53. The van der Waals surface area contributed by atoms with Crippen LogP contribution in [0, 0.1) is 6.92 Å². The SMILES string of the molecule is Cc1ccc2c(c1C1CCNCC1)CC(C)O2. The van der Waals surface area contributed by atoms with Crippen molar-refractivity contribution in [3.8, 4) is 5.75 Å². The summed E-state index contributed by atoms with van der Waals surface area (Å²) < 4.78 is 5.88. The molecular formula is C15H21NO. The van der Waals surface area contributed by atoms with E-state index in [0.29, 0.717) is 6.10 Å². The van der Waals surface area contributed by atoms with Gasteiger partial charge in [-0.1, -0.05) is 6.07 Å². The van der Waals surface area contributed by atoms with Gasteiger partial charge in [-0.3, -0.25) is 0 Å². The molecule has 1 aromatic rings. The number of nitrogens with one attached hydrogen (secondary N) is 1. The normalized spacial score (nSPS) is 24.5. The third-order valence-electron chi connectivity index (χ3n) is 4.10. The lowest BCUT2D eigenvalue weighted by molar-refractivity contribution is 0.254. The second-order valence-electron chi connectivity index (χ2n) is 5.43. The average Bonchev–Trinajstić information content (AvgIpc) is 2.70. The molecule has 2 heteroatoms. The number of ether oxygens (including phenoxy) is 1. The number of aryl methyl sites for hydroxylation is 1. The molecule has 1 atom stereocenters. The Kier molecular flexibility index (Phi) is 2.83. The van der Waals surface area contributed by atoms with E-state index in [1.54, 1.807) is 5.56 Å². The first-order valence-corrected chi connectivity index (χ1v) is 6.75. The molecule has 2 aliphatic heterocycles. The van der Waals surface area contributed by atoms with Crippen LogP contribution in [0.3, 0.4) is 0 Å². The zero-order valence-electron chi connectivity index (χ0n) is 10.8. The maximum absolute atomic E-state index is 5.88. The van der Waals surface area contributed by atoms with Gasteiger partial charge in [-0.15, -0.1) is 0 Å². The van der Waals surface area contributed by atoms with Gasteiger partial charge >= 0.3 is 0 Å². The summed E-state index contributed by atoms with van der Waals surface area (Å²) in [6.45, 7) is 6.73. The molecule has 2 aliphatic rings. The zero-order valence-corrected chi connectivity index (χ0v) is 10.8. The van der Waals surface area contributed by atoms with Crippen molar-refractivity contribution in [3.63, 3.8) is 0 Å². The average molecular weight is 231 g/mol. The van der Waals surface area contributed by atoms with Gasteiger partial charge in [0.15, 0.2) is 0 Å². The molecule has 0 amide bonds. The maximum Gasteiger partial charge on any atom is 0.123 e. The summed E-state index contributed by atoms with van der Waals surface area (Å²) in [6.07, 6.45) is 3.99. The summed E-state index contributed by atoms with van der Waals surface area (Å²) in [6, 6.07) is 4.38. The lowest BCUT2D eigenvalue weighted by Gasteiger charge is -2.26. The molecule has 92 valence electrons. The van der Waals surface area contributed by atoms with Crippen LogP contribution >= 0.6 is 0 Å². The predicted molar refractivity (Wildman–Crippen MR) is 69.8 cm³/mol. The minimum Gasteiger partial charge on any atom is -0.490 e. The number of hydrogen-bond acceptors (Lipinski definition) is 2. The van der Waals surface area contributed by atoms with Gasteiger partial charge in [-0.05, 0) is 62.9 Å². The highest BCUT2D eigenvalue weighted by Gasteiger charge is 2.27. The fourth-order valence-corrected chi connectivity index (χ4v) is 3.31. The monoisotopic (exact) mass is 231 g/mol. The largest absolute Gasteiger partial charge is 0.490 e. The minimum atomic E-state index is 0.354. The lowest BCUT2D eigenvalue weighted by Crippen LogP contribution is -2.27. The van der Waals surface area contributed by atoms with Crippen molar-refractivity contribution < 1.29 is 4.74 Å². The summed E-state index contributed by atoms with van der Waals surface area (Å²) in [5, 5.41) is 3.45. The van der Waals surface area contributed by atoms with Gasteiger partial charge in [0, 0.05) is 12.0 Å². The lowest BCUT2D eigenvalue weighted by atomic mass is 9.83. The Bertz CT molecular complexity index is 421. The Labute approximate surface area is 103 Å². The van der Waals surface area contributed by atoms with E-state index in [2.05, 4.69) is 31.3 Å². The fourth-order valence-electron chi connectivity index (χ4n) is 3.31. The highest BCUT2D eigenvalue weighted by Crippen LogP contribution is 2.39. The number of piperidine rings is 1. The molecule has 0 bridgehead atoms. The van der Waals surface area contributed by atoms with Crippen LogP contribution in [-0.4, -0.2) is 19.2 Å². The molecule has 0 aliphatic carbocycles. The molecule has 1 unspecified atom stereocenters. The Hall–Kier alpha value is -1.02. The van der Waals surface area contributed by atoms with Crippen LogP contribution < -0.4 is 10.1 Å². The molecule has 3 rings (SSSR count). The van der Waals surface area contributed by atoms with Crippen molar-refractivity contribution in [1.29, 1.82) is 0 Å². The van der Waals surface area contributed by atoms with Crippen LogP contribution in [0.1, 0.15) is 42.4 Å². The van der Waals surface area contributed by atoms with Crippen LogP contribution in [0.15, 0.2) is 12.1 Å². The third kappa shape index (κ3) is 1.95. The van der Waals surface area contributed by atoms with E-state index in [0.717, 1.165) is 31.2 Å². The molecule has 17 heavy (non-hydrogen) atoms. The van der Waals surface area contributed by atoms with Gasteiger partial charge in [0.25, 0.3) is 0 Å². The molecule has 1 saturated heterocycles. The van der Waals surface area contributed by atoms with Crippen LogP contribution in [0.2, 0.25) is 0 Å². The quantitative estimate of drug-likeness (QED) is 0.802. The van der Waals surface area contributed by atoms with Crippen molar-refractivity contribution >= 4 is 0 Å². The molecule has 2 heterocycles. The molecular weight excluding hydrogens is 210 g/mol. The molecule has 1 fully saturated rings. The first kappa shape index (κ1) is 11.1. The van der Waals surface area contributed by atoms with E-state index >= 15 is 0 Å². The van der Waals surface area contributed by atoms with E-state index in [4.69, 9.17) is 4.74 Å². The maximum atomic E-state index is 5.88. The Balaban J connectivity index is 2.00. The molecule has 0 spiro atoms.